The van der Waals surface area contributed by atoms with Crippen molar-refractivity contribution in [3.63, 3.8) is 0 Å². The van der Waals surface area contributed by atoms with Crippen LogP contribution >= 0.6 is 0 Å². The van der Waals surface area contributed by atoms with Gasteiger partial charge in [0.15, 0.2) is 5.82 Å². The Morgan fingerprint density at radius 1 is 1.35 bits per heavy atom. The van der Waals surface area contributed by atoms with E-state index in [1.807, 2.05) is 36.0 Å². The lowest BCUT2D eigenvalue weighted by molar-refractivity contribution is -0.125. The maximum Gasteiger partial charge on any atom is 0.256 e. The predicted octanol–water partition coefficient (Wildman–Crippen LogP) is 2.04. The van der Waals surface area contributed by atoms with Crippen LogP contribution in [0, 0.1) is 17.8 Å². The summed E-state index contributed by atoms with van der Waals surface area (Å²) in [6.45, 7) is 9.85. The molecule has 10 heteroatoms. The number of hydrogen-bond donors (Lipinski definition) is 1. The smallest absolute Gasteiger partial charge is 0.256 e. The van der Waals surface area contributed by atoms with Gasteiger partial charge in [-0.1, -0.05) is 20.4 Å². The fourth-order valence-corrected chi connectivity index (χ4v) is 4.97. The number of aromatic nitrogens is 4. The van der Waals surface area contributed by atoms with Crippen LogP contribution in [0.25, 0.3) is 5.70 Å². The molecule has 0 spiro atoms. The van der Waals surface area contributed by atoms with Crippen molar-refractivity contribution in [2.24, 2.45) is 31.8 Å². The lowest BCUT2D eigenvalue weighted by Crippen LogP contribution is -2.32. The van der Waals surface area contributed by atoms with Crippen molar-refractivity contribution >= 4 is 23.7 Å². The number of ether oxygens (including phenoxy) is 1. The molecule has 2 aromatic rings. The van der Waals surface area contributed by atoms with E-state index in [2.05, 4.69) is 35.8 Å². The van der Waals surface area contributed by atoms with E-state index in [1.54, 1.807) is 22.9 Å². The molecule has 2 fully saturated rings. The standard InChI is InChI=1S/C24H33N7O3/c1-7-22(33)31-10-17-16(18(17)11-31)9-30(14-32)13-19(23-25-8-21(15(2)3)29(23)5)26-20-12-28(4)27-24(20)34-6/h7-8,12-18,26H,1,9-11H2,2-6H3/b19-13+. The van der Waals surface area contributed by atoms with Crippen LogP contribution in [0.15, 0.2) is 31.2 Å². The van der Waals surface area contributed by atoms with Gasteiger partial charge in [0.05, 0.1) is 19.0 Å². The summed E-state index contributed by atoms with van der Waals surface area (Å²) in [6, 6.07) is 0. The van der Waals surface area contributed by atoms with Crippen molar-refractivity contribution in [2.75, 3.05) is 32.1 Å². The fraction of sp³-hybridized carbons (Fsp3) is 0.500. The first-order valence-corrected chi connectivity index (χ1v) is 11.5. The molecule has 1 saturated carbocycles. The maximum atomic E-state index is 12.1. The quantitative estimate of drug-likeness (QED) is 0.424. The molecule has 2 amide bonds. The number of carbonyl (C=O) groups is 2. The molecular weight excluding hydrogens is 434 g/mol. The first kappa shape index (κ1) is 23.6. The molecule has 0 aromatic carbocycles. The van der Waals surface area contributed by atoms with E-state index in [0.29, 0.717) is 53.3 Å². The number of nitrogens with one attached hydrogen (secondary N) is 1. The van der Waals surface area contributed by atoms with Crippen molar-refractivity contribution in [1.82, 2.24) is 29.1 Å². The zero-order chi connectivity index (χ0) is 24.6. The second kappa shape index (κ2) is 9.36. The summed E-state index contributed by atoms with van der Waals surface area (Å²) < 4.78 is 9.09. The first-order chi connectivity index (χ1) is 16.3. The van der Waals surface area contributed by atoms with E-state index in [0.717, 1.165) is 25.2 Å². The molecular formula is C24H33N7O3. The molecule has 1 N–H and O–H groups in total. The van der Waals surface area contributed by atoms with E-state index in [4.69, 9.17) is 4.74 Å². The number of anilines is 1. The van der Waals surface area contributed by atoms with Gasteiger partial charge in [-0.15, -0.1) is 5.10 Å². The second-order valence-corrected chi connectivity index (χ2v) is 9.35. The van der Waals surface area contributed by atoms with Crippen molar-refractivity contribution in [1.29, 1.82) is 0 Å². The number of nitrogens with zero attached hydrogens (tertiary/aromatic N) is 6. The topological polar surface area (TPSA) is 97.5 Å². The molecule has 4 rings (SSSR count). The maximum absolute atomic E-state index is 12.1. The SMILES string of the molecule is C=CC(=O)N1CC2C(CN(C=O)/C=C(/Nc3cn(C)nc3OC)c3ncc(C(C)C)n3C)C2C1. The highest BCUT2D eigenvalue weighted by molar-refractivity contribution is 5.87. The first-order valence-electron chi connectivity index (χ1n) is 11.5. The molecule has 2 aromatic heterocycles. The van der Waals surface area contributed by atoms with Crippen LogP contribution < -0.4 is 10.1 Å². The van der Waals surface area contributed by atoms with E-state index < -0.39 is 0 Å². The Kier molecular flexibility index (Phi) is 6.49. The number of fused-ring (bicyclic) bond motifs is 1. The van der Waals surface area contributed by atoms with Crippen LogP contribution in [-0.2, 0) is 23.7 Å². The summed E-state index contributed by atoms with van der Waals surface area (Å²) in [5.74, 6) is 2.66. The van der Waals surface area contributed by atoms with Crippen molar-refractivity contribution < 1.29 is 14.3 Å². The largest absolute Gasteiger partial charge is 0.478 e. The molecule has 3 heterocycles. The normalized spacial score (nSPS) is 21.4. The summed E-state index contributed by atoms with van der Waals surface area (Å²) in [5, 5.41) is 7.68. The zero-order valence-electron chi connectivity index (χ0n) is 20.4. The summed E-state index contributed by atoms with van der Waals surface area (Å²) in [4.78, 5) is 32.1. The Labute approximate surface area is 199 Å². The minimum atomic E-state index is -0.0225. The van der Waals surface area contributed by atoms with Gasteiger partial charge in [-0.2, -0.15) is 0 Å². The van der Waals surface area contributed by atoms with Gasteiger partial charge in [-0.05, 0) is 29.7 Å². The number of aryl methyl sites for hydroxylation is 1. The van der Waals surface area contributed by atoms with Crippen LogP contribution in [0.3, 0.4) is 0 Å². The highest BCUT2D eigenvalue weighted by atomic mass is 16.5. The number of carbonyl (C=O) groups excluding carboxylic acids is 2. The Morgan fingerprint density at radius 3 is 2.62 bits per heavy atom. The molecule has 1 aliphatic heterocycles. The number of imidazole rings is 1. The average molecular weight is 468 g/mol. The fourth-order valence-electron chi connectivity index (χ4n) is 4.97. The van der Waals surface area contributed by atoms with Gasteiger partial charge in [0, 0.05) is 51.8 Å². The van der Waals surface area contributed by atoms with Gasteiger partial charge >= 0.3 is 0 Å². The zero-order valence-corrected chi connectivity index (χ0v) is 20.4. The van der Waals surface area contributed by atoms with Crippen LogP contribution in [0.5, 0.6) is 5.88 Å². The Hall–Kier alpha value is -3.56. The highest BCUT2D eigenvalue weighted by Gasteiger charge is 2.56. The van der Waals surface area contributed by atoms with Crippen LogP contribution in [0.2, 0.25) is 0 Å². The minimum absolute atomic E-state index is 0.0225. The molecule has 0 radical (unpaired) electrons. The van der Waals surface area contributed by atoms with Crippen molar-refractivity contribution in [2.45, 2.75) is 19.8 Å². The summed E-state index contributed by atoms with van der Waals surface area (Å²) >= 11 is 0. The Balaban J connectivity index is 1.58. The summed E-state index contributed by atoms with van der Waals surface area (Å²) in [7, 11) is 5.35. The number of likely N-dealkylation sites (tertiary alicyclic amines) is 1. The van der Waals surface area contributed by atoms with Gasteiger partial charge < -0.3 is 24.4 Å². The molecule has 1 aliphatic carbocycles. The summed E-state index contributed by atoms with van der Waals surface area (Å²) in [5.41, 5.74) is 2.43. The molecule has 2 aliphatic rings. The molecule has 10 nitrogen and oxygen atoms in total. The molecule has 1 saturated heterocycles. The van der Waals surface area contributed by atoms with Crippen molar-refractivity contribution in [3.8, 4) is 5.88 Å². The molecule has 2 unspecified atom stereocenters. The summed E-state index contributed by atoms with van der Waals surface area (Å²) in [6.07, 6.45) is 7.68. The van der Waals surface area contributed by atoms with Gasteiger partial charge in [-0.25, -0.2) is 4.98 Å². The van der Waals surface area contributed by atoms with Crippen LogP contribution in [0.4, 0.5) is 5.69 Å². The minimum Gasteiger partial charge on any atom is -0.478 e. The van der Waals surface area contributed by atoms with E-state index in [9.17, 15) is 9.59 Å². The number of amides is 2. The lowest BCUT2D eigenvalue weighted by Gasteiger charge is -2.21. The molecule has 34 heavy (non-hydrogen) atoms. The van der Waals surface area contributed by atoms with Crippen molar-refractivity contribution in [3.05, 3.63) is 42.8 Å². The van der Waals surface area contributed by atoms with Crippen LogP contribution in [0.1, 0.15) is 31.3 Å². The third kappa shape index (κ3) is 4.44. The monoisotopic (exact) mass is 467 g/mol. The molecule has 0 bridgehead atoms. The van der Waals surface area contributed by atoms with E-state index >= 15 is 0 Å². The van der Waals surface area contributed by atoms with Gasteiger partial charge in [-0.3, -0.25) is 14.3 Å². The van der Waals surface area contributed by atoms with E-state index in [-0.39, 0.29) is 5.91 Å². The number of piperidine rings is 1. The number of rotatable bonds is 10. The third-order valence-corrected chi connectivity index (χ3v) is 6.82. The van der Waals surface area contributed by atoms with Gasteiger partial charge in [0.2, 0.25) is 12.3 Å². The number of methoxy groups -OCH3 is 1. The molecule has 2 atom stereocenters. The third-order valence-electron chi connectivity index (χ3n) is 6.82. The Morgan fingerprint density at radius 2 is 2.06 bits per heavy atom. The van der Waals surface area contributed by atoms with Gasteiger partial charge in [0.1, 0.15) is 5.69 Å². The number of hydrogen-bond acceptors (Lipinski definition) is 6. The average Bonchev–Trinajstić information content (AvgIpc) is 3.20. The van der Waals surface area contributed by atoms with Crippen LogP contribution in [-0.4, -0.2) is 68.2 Å². The Bertz CT molecular complexity index is 1100. The highest BCUT2D eigenvalue weighted by Crippen LogP contribution is 2.52. The lowest BCUT2D eigenvalue weighted by atomic mass is 10.1. The predicted molar refractivity (Wildman–Crippen MR) is 129 cm³/mol. The molecule has 182 valence electrons. The van der Waals surface area contributed by atoms with E-state index in [1.165, 1.54) is 6.08 Å². The second-order valence-electron chi connectivity index (χ2n) is 9.35. The van der Waals surface area contributed by atoms with Gasteiger partial charge in [0.25, 0.3) is 5.88 Å².